The Morgan fingerprint density at radius 1 is 1.24 bits per heavy atom. The molecule has 0 saturated heterocycles. The van der Waals surface area contributed by atoms with Gasteiger partial charge in [0.25, 0.3) is 0 Å². The van der Waals surface area contributed by atoms with Gasteiger partial charge in [-0.2, -0.15) is 5.10 Å². The number of carbonyl (C=O) groups is 1. The van der Waals surface area contributed by atoms with E-state index in [1.165, 1.54) is 0 Å². The molecular weight excluding hydrogens is 212 g/mol. The zero-order valence-electron chi connectivity index (χ0n) is 10.2. The Bertz CT molecular complexity index is 514. The van der Waals surface area contributed by atoms with Crippen molar-refractivity contribution in [3.05, 3.63) is 47.8 Å². The van der Waals surface area contributed by atoms with E-state index in [9.17, 15) is 4.79 Å². The number of hydrogen-bond acceptors (Lipinski definition) is 2. The van der Waals surface area contributed by atoms with Gasteiger partial charge in [-0.05, 0) is 18.6 Å². The van der Waals surface area contributed by atoms with Gasteiger partial charge in [-0.25, -0.2) is 4.68 Å². The highest BCUT2D eigenvalue weighted by atomic mass is 16.1. The van der Waals surface area contributed by atoms with Crippen LogP contribution in [0.1, 0.15) is 36.3 Å². The molecule has 2 rings (SSSR count). The van der Waals surface area contributed by atoms with Gasteiger partial charge in [0.15, 0.2) is 5.78 Å². The van der Waals surface area contributed by atoms with Gasteiger partial charge in [-0.3, -0.25) is 4.79 Å². The monoisotopic (exact) mass is 228 g/mol. The van der Waals surface area contributed by atoms with Crippen molar-refractivity contribution in [3.8, 4) is 5.69 Å². The molecule has 0 radical (unpaired) electrons. The van der Waals surface area contributed by atoms with Gasteiger partial charge >= 0.3 is 0 Å². The van der Waals surface area contributed by atoms with Crippen molar-refractivity contribution < 1.29 is 4.79 Å². The maximum Gasteiger partial charge on any atom is 0.166 e. The fourth-order valence-corrected chi connectivity index (χ4v) is 1.93. The fourth-order valence-electron chi connectivity index (χ4n) is 1.93. The second kappa shape index (κ2) is 4.95. The number of Topliss-reactive ketones (excluding diaryl/α,β-unsaturated/α-hetero) is 1. The van der Waals surface area contributed by atoms with E-state index >= 15 is 0 Å². The summed E-state index contributed by atoms with van der Waals surface area (Å²) in [6, 6.07) is 9.89. The first-order chi connectivity index (χ1) is 8.27. The van der Waals surface area contributed by atoms with E-state index in [1.54, 1.807) is 6.20 Å². The van der Waals surface area contributed by atoms with Gasteiger partial charge in [-0.1, -0.05) is 32.0 Å². The summed E-state index contributed by atoms with van der Waals surface area (Å²) in [5, 5.41) is 4.32. The molecule has 1 heterocycles. The molecule has 0 N–H and O–H groups in total. The third-order valence-electron chi connectivity index (χ3n) is 2.83. The molecule has 0 bridgehead atoms. The van der Waals surface area contributed by atoms with Crippen LogP contribution in [0.4, 0.5) is 0 Å². The summed E-state index contributed by atoms with van der Waals surface area (Å²) in [4.78, 5) is 11.8. The Labute approximate surface area is 101 Å². The first kappa shape index (κ1) is 11.6. The Kier molecular flexibility index (Phi) is 3.38. The van der Waals surface area contributed by atoms with Crippen LogP contribution in [0.5, 0.6) is 0 Å². The minimum absolute atomic E-state index is 0.157. The van der Waals surface area contributed by atoms with Crippen LogP contribution in [0.3, 0.4) is 0 Å². The van der Waals surface area contributed by atoms with E-state index in [2.05, 4.69) is 5.10 Å². The summed E-state index contributed by atoms with van der Waals surface area (Å²) in [5.74, 6) is 0.157. The van der Waals surface area contributed by atoms with Gasteiger partial charge in [0, 0.05) is 6.42 Å². The van der Waals surface area contributed by atoms with E-state index in [-0.39, 0.29) is 5.78 Å². The van der Waals surface area contributed by atoms with Crippen LogP contribution in [-0.2, 0) is 6.42 Å². The number of para-hydroxylation sites is 1. The molecule has 1 aromatic carbocycles. The number of ketones is 1. The van der Waals surface area contributed by atoms with Crippen molar-refractivity contribution in [2.75, 3.05) is 0 Å². The van der Waals surface area contributed by atoms with Crippen LogP contribution in [0, 0.1) is 0 Å². The van der Waals surface area contributed by atoms with Crippen molar-refractivity contribution in [2.24, 2.45) is 0 Å². The Morgan fingerprint density at radius 2 is 1.94 bits per heavy atom. The lowest BCUT2D eigenvalue weighted by Crippen LogP contribution is -2.05. The van der Waals surface area contributed by atoms with E-state index in [0.717, 1.165) is 23.4 Å². The van der Waals surface area contributed by atoms with Crippen LogP contribution in [0.2, 0.25) is 0 Å². The smallest absolute Gasteiger partial charge is 0.166 e. The molecule has 0 saturated carbocycles. The molecule has 88 valence electrons. The summed E-state index contributed by atoms with van der Waals surface area (Å²) >= 11 is 0. The first-order valence-electron chi connectivity index (χ1n) is 5.93. The lowest BCUT2D eigenvalue weighted by Gasteiger charge is -2.06. The molecule has 0 aliphatic carbocycles. The first-order valence-corrected chi connectivity index (χ1v) is 5.93. The molecule has 0 aliphatic heterocycles. The van der Waals surface area contributed by atoms with Crippen LogP contribution < -0.4 is 0 Å². The van der Waals surface area contributed by atoms with Crippen molar-refractivity contribution in [1.82, 2.24) is 9.78 Å². The molecule has 2 aromatic rings. The molecule has 0 atom stereocenters. The van der Waals surface area contributed by atoms with Crippen molar-refractivity contribution in [3.63, 3.8) is 0 Å². The van der Waals surface area contributed by atoms with Gasteiger partial charge < -0.3 is 0 Å². The zero-order valence-corrected chi connectivity index (χ0v) is 10.2. The molecule has 0 unspecified atom stereocenters. The van der Waals surface area contributed by atoms with E-state index in [4.69, 9.17) is 0 Å². The average molecular weight is 228 g/mol. The molecule has 17 heavy (non-hydrogen) atoms. The maximum atomic E-state index is 11.8. The van der Waals surface area contributed by atoms with Gasteiger partial charge in [0.1, 0.15) is 0 Å². The lowest BCUT2D eigenvalue weighted by molar-refractivity contribution is 0.0987. The van der Waals surface area contributed by atoms with Crippen LogP contribution >= 0.6 is 0 Å². The number of nitrogens with zero attached hydrogens (tertiary/aromatic N) is 2. The fraction of sp³-hybridized carbons (Fsp3) is 0.286. The van der Waals surface area contributed by atoms with Crippen molar-refractivity contribution >= 4 is 5.78 Å². The Hall–Kier alpha value is -1.90. The van der Waals surface area contributed by atoms with Crippen molar-refractivity contribution in [2.45, 2.75) is 26.7 Å². The SMILES string of the molecule is CCC(=O)c1cnn(-c2ccccc2)c1CC. The third-order valence-corrected chi connectivity index (χ3v) is 2.83. The van der Waals surface area contributed by atoms with Gasteiger partial charge in [0.05, 0.1) is 23.1 Å². The van der Waals surface area contributed by atoms with E-state index in [0.29, 0.717) is 6.42 Å². The van der Waals surface area contributed by atoms with Gasteiger partial charge in [-0.15, -0.1) is 0 Å². The second-order valence-electron chi connectivity index (χ2n) is 3.88. The molecule has 0 amide bonds. The number of aromatic nitrogens is 2. The minimum Gasteiger partial charge on any atom is -0.294 e. The number of carbonyl (C=O) groups excluding carboxylic acids is 1. The molecule has 3 nitrogen and oxygen atoms in total. The highest BCUT2D eigenvalue weighted by Gasteiger charge is 2.15. The molecule has 0 aliphatic rings. The molecule has 1 aromatic heterocycles. The number of benzene rings is 1. The summed E-state index contributed by atoms with van der Waals surface area (Å²) in [6.07, 6.45) is 3.00. The molecule has 3 heteroatoms. The zero-order chi connectivity index (χ0) is 12.3. The summed E-state index contributed by atoms with van der Waals surface area (Å²) in [6.45, 7) is 3.92. The van der Waals surface area contributed by atoms with E-state index in [1.807, 2.05) is 48.9 Å². The summed E-state index contributed by atoms with van der Waals surface area (Å²) in [7, 11) is 0. The van der Waals surface area contributed by atoms with Crippen molar-refractivity contribution in [1.29, 1.82) is 0 Å². The highest BCUT2D eigenvalue weighted by molar-refractivity contribution is 5.96. The van der Waals surface area contributed by atoms with Gasteiger partial charge in [0.2, 0.25) is 0 Å². The maximum absolute atomic E-state index is 11.8. The average Bonchev–Trinajstić information content (AvgIpc) is 2.82. The predicted molar refractivity (Wildman–Crippen MR) is 67.6 cm³/mol. The number of hydrogen-bond donors (Lipinski definition) is 0. The number of rotatable bonds is 4. The Balaban J connectivity index is 2.50. The molecular formula is C14H16N2O. The topological polar surface area (TPSA) is 34.9 Å². The van der Waals surface area contributed by atoms with Crippen LogP contribution in [-0.4, -0.2) is 15.6 Å². The highest BCUT2D eigenvalue weighted by Crippen LogP contribution is 2.16. The molecule has 0 spiro atoms. The molecule has 0 fully saturated rings. The second-order valence-corrected chi connectivity index (χ2v) is 3.88. The third kappa shape index (κ3) is 2.13. The summed E-state index contributed by atoms with van der Waals surface area (Å²) in [5.41, 5.74) is 2.74. The standard InChI is InChI=1S/C14H16N2O/c1-3-13-12(14(17)4-2)10-15-16(13)11-8-6-5-7-9-11/h5-10H,3-4H2,1-2H3. The Morgan fingerprint density at radius 3 is 2.53 bits per heavy atom. The minimum atomic E-state index is 0.157. The van der Waals surface area contributed by atoms with Crippen LogP contribution in [0.15, 0.2) is 36.5 Å². The normalized spacial score (nSPS) is 10.5. The largest absolute Gasteiger partial charge is 0.294 e. The van der Waals surface area contributed by atoms with Crippen LogP contribution in [0.25, 0.3) is 5.69 Å². The van der Waals surface area contributed by atoms with E-state index < -0.39 is 0 Å². The predicted octanol–water partition coefficient (Wildman–Crippen LogP) is 3.03. The lowest BCUT2D eigenvalue weighted by atomic mass is 10.1. The quantitative estimate of drug-likeness (QED) is 0.754. The summed E-state index contributed by atoms with van der Waals surface area (Å²) < 4.78 is 1.85.